The monoisotopic (exact) mass is 243 g/mol. The molecule has 1 fully saturated rings. The van der Waals surface area contributed by atoms with Gasteiger partial charge in [0.25, 0.3) is 0 Å². The lowest BCUT2D eigenvalue weighted by atomic mass is 10.2. The maximum absolute atomic E-state index is 11.9. The first-order valence-electron chi connectivity index (χ1n) is 5.59. The number of halogens is 2. The number of alkyl halides is 2. The second-order valence-corrected chi connectivity index (χ2v) is 3.96. The van der Waals surface area contributed by atoms with Gasteiger partial charge in [0, 0.05) is 19.2 Å². The fraction of sp³-hybridized carbons (Fsp3) is 0.500. The average Bonchev–Trinajstić information content (AvgIpc) is 2.80. The molecule has 1 N–H and O–H groups in total. The lowest BCUT2D eigenvalue weighted by molar-refractivity contribution is -0.0498. The molecule has 1 saturated heterocycles. The molecular weight excluding hydrogens is 228 g/mol. The van der Waals surface area contributed by atoms with E-state index in [2.05, 4.69) is 10.1 Å². The number of rotatable bonds is 5. The smallest absolute Gasteiger partial charge is 0.387 e. The Balaban J connectivity index is 1.80. The average molecular weight is 243 g/mol. The highest BCUT2D eigenvalue weighted by molar-refractivity contribution is 5.27. The minimum atomic E-state index is -2.77. The summed E-state index contributed by atoms with van der Waals surface area (Å²) in [5, 5.41) is 3.34. The Morgan fingerprint density at radius 2 is 2.12 bits per heavy atom. The number of nitrogens with one attached hydrogen (secondary N) is 1. The molecule has 1 aromatic carbocycles. The van der Waals surface area contributed by atoms with E-state index in [-0.39, 0.29) is 5.75 Å². The molecule has 0 saturated carbocycles. The SMILES string of the molecule is FC(F)Oc1ccc(CNC2CCOC2)cc1. The third-order valence-corrected chi connectivity index (χ3v) is 2.67. The first-order valence-corrected chi connectivity index (χ1v) is 5.59. The van der Waals surface area contributed by atoms with Crippen molar-refractivity contribution in [1.82, 2.24) is 5.32 Å². The van der Waals surface area contributed by atoms with Crippen LogP contribution in [0.4, 0.5) is 8.78 Å². The summed E-state index contributed by atoms with van der Waals surface area (Å²) in [7, 11) is 0. The molecule has 1 unspecified atom stereocenters. The van der Waals surface area contributed by atoms with Crippen LogP contribution in [-0.4, -0.2) is 25.9 Å². The molecule has 1 atom stereocenters. The number of benzene rings is 1. The Hall–Kier alpha value is -1.20. The highest BCUT2D eigenvalue weighted by Gasteiger charge is 2.14. The molecule has 0 aromatic heterocycles. The van der Waals surface area contributed by atoms with Gasteiger partial charge in [0.2, 0.25) is 0 Å². The zero-order valence-electron chi connectivity index (χ0n) is 9.36. The molecule has 1 aliphatic heterocycles. The van der Waals surface area contributed by atoms with Crippen LogP contribution in [-0.2, 0) is 11.3 Å². The first kappa shape index (κ1) is 12.3. The standard InChI is InChI=1S/C12H15F2NO2/c13-12(14)17-11-3-1-9(2-4-11)7-15-10-5-6-16-8-10/h1-4,10,12,15H,5-8H2. The minimum Gasteiger partial charge on any atom is -0.435 e. The zero-order valence-corrected chi connectivity index (χ0v) is 9.36. The molecule has 94 valence electrons. The van der Waals surface area contributed by atoms with E-state index in [0.29, 0.717) is 12.6 Å². The fourth-order valence-corrected chi connectivity index (χ4v) is 1.75. The predicted octanol–water partition coefficient (Wildman–Crippen LogP) is 2.17. The largest absolute Gasteiger partial charge is 0.435 e. The summed E-state index contributed by atoms with van der Waals surface area (Å²) in [6.07, 6.45) is 1.02. The van der Waals surface area contributed by atoms with Crippen LogP contribution in [0.15, 0.2) is 24.3 Å². The number of hydrogen-bond donors (Lipinski definition) is 1. The Labute approximate surface area is 98.7 Å². The van der Waals surface area contributed by atoms with E-state index in [1.807, 2.05) is 0 Å². The van der Waals surface area contributed by atoms with Gasteiger partial charge in [0.05, 0.1) is 6.61 Å². The van der Waals surface area contributed by atoms with Crippen molar-refractivity contribution in [2.24, 2.45) is 0 Å². The van der Waals surface area contributed by atoms with Crippen LogP contribution in [0.25, 0.3) is 0 Å². The van der Waals surface area contributed by atoms with E-state index in [0.717, 1.165) is 25.2 Å². The fourth-order valence-electron chi connectivity index (χ4n) is 1.75. The van der Waals surface area contributed by atoms with Crippen LogP contribution < -0.4 is 10.1 Å². The van der Waals surface area contributed by atoms with Crippen molar-refractivity contribution in [2.75, 3.05) is 13.2 Å². The van der Waals surface area contributed by atoms with Gasteiger partial charge in [-0.1, -0.05) is 12.1 Å². The summed E-state index contributed by atoms with van der Waals surface area (Å²) in [5.41, 5.74) is 1.04. The molecule has 2 rings (SSSR count). The highest BCUT2D eigenvalue weighted by atomic mass is 19.3. The normalized spacial score (nSPS) is 19.8. The van der Waals surface area contributed by atoms with E-state index in [1.54, 1.807) is 24.3 Å². The summed E-state index contributed by atoms with van der Waals surface area (Å²) < 4.78 is 33.4. The van der Waals surface area contributed by atoms with Gasteiger partial charge in [-0.2, -0.15) is 8.78 Å². The lowest BCUT2D eigenvalue weighted by Gasteiger charge is -2.11. The second-order valence-electron chi connectivity index (χ2n) is 3.96. The van der Waals surface area contributed by atoms with E-state index < -0.39 is 6.61 Å². The summed E-state index contributed by atoms with van der Waals surface area (Å²) in [6, 6.07) is 7.05. The van der Waals surface area contributed by atoms with Crippen molar-refractivity contribution < 1.29 is 18.3 Å². The topological polar surface area (TPSA) is 30.5 Å². The van der Waals surface area contributed by atoms with E-state index in [4.69, 9.17) is 4.74 Å². The summed E-state index contributed by atoms with van der Waals surface area (Å²) >= 11 is 0. The van der Waals surface area contributed by atoms with Crippen LogP contribution in [0.3, 0.4) is 0 Å². The zero-order chi connectivity index (χ0) is 12.1. The predicted molar refractivity (Wildman–Crippen MR) is 59.1 cm³/mol. The van der Waals surface area contributed by atoms with Gasteiger partial charge in [0.1, 0.15) is 5.75 Å². The Morgan fingerprint density at radius 3 is 2.71 bits per heavy atom. The van der Waals surface area contributed by atoms with E-state index in [9.17, 15) is 8.78 Å². The van der Waals surface area contributed by atoms with Crippen molar-refractivity contribution in [3.05, 3.63) is 29.8 Å². The van der Waals surface area contributed by atoms with Crippen LogP contribution in [0, 0.1) is 0 Å². The van der Waals surface area contributed by atoms with Crippen molar-refractivity contribution in [3.8, 4) is 5.75 Å². The van der Waals surface area contributed by atoms with Crippen LogP contribution in [0.1, 0.15) is 12.0 Å². The van der Waals surface area contributed by atoms with Gasteiger partial charge in [-0.15, -0.1) is 0 Å². The lowest BCUT2D eigenvalue weighted by Crippen LogP contribution is -2.28. The van der Waals surface area contributed by atoms with Crippen LogP contribution >= 0.6 is 0 Å². The van der Waals surface area contributed by atoms with E-state index in [1.165, 1.54) is 0 Å². The van der Waals surface area contributed by atoms with Crippen molar-refractivity contribution in [3.63, 3.8) is 0 Å². The van der Waals surface area contributed by atoms with Gasteiger partial charge in [-0.3, -0.25) is 0 Å². The molecule has 1 aliphatic rings. The van der Waals surface area contributed by atoms with Gasteiger partial charge in [-0.05, 0) is 24.1 Å². The Morgan fingerprint density at radius 1 is 1.35 bits per heavy atom. The molecule has 17 heavy (non-hydrogen) atoms. The maximum atomic E-state index is 11.9. The van der Waals surface area contributed by atoms with Gasteiger partial charge < -0.3 is 14.8 Å². The van der Waals surface area contributed by atoms with Crippen LogP contribution in [0.2, 0.25) is 0 Å². The summed E-state index contributed by atoms with van der Waals surface area (Å²) in [4.78, 5) is 0. The molecule has 1 aromatic rings. The van der Waals surface area contributed by atoms with Crippen molar-refractivity contribution in [1.29, 1.82) is 0 Å². The molecule has 0 amide bonds. The van der Waals surface area contributed by atoms with Gasteiger partial charge in [-0.25, -0.2) is 0 Å². The first-order chi connectivity index (χ1) is 8.24. The van der Waals surface area contributed by atoms with Gasteiger partial charge in [0.15, 0.2) is 0 Å². The quantitative estimate of drug-likeness (QED) is 0.859. The highest BCUT2D eigenvalue weighted by Crippen LogP contribution is 2.15. The summed E-state index contributed by atoms with van der Waals surface area (Å²) in [5.74, 6) is 0.188. The molecule has 5 heteroatoms. The molecule has 3 nitrogen and oxygen atoms in total. The number of ether oxygens (including phenoxy) is 2. The second kappa shape index (κ2) is 5.93. The molecule has 1 heterocycles. The third kappa shape index (κ3) is 3.94. The van der Waals surface area contributed by atoms with Crippen molar-refractivity contribution >= 4 is 0 Å². The molecular formula is C12H15F2NO2. The van der Waals surface area contributed by atoms with E-state index >= 15 is 0 Å². The number of hydrogen-bond acceptors (Lipinski definition) is 3. The molecule has 0 aliphatic carbocycles. The summed E-state index contributed by atoms with van der Waals surface area (Å²) in [6.45, 7) is -0.511. The van der Waals surface area contributed by atoms with Gasteiger partial charge >= 0.3 is 6.61 Å². The Bertz CT molecular complexity index is 337. The Kier molecular flexibility index (Phi) is 4.28. The van der Waals surface area contributed by atoms with Crippen molar-refractivity contribution in [2.45, 2.75) is 25.6 Å². The molecule has 0 radical (unpaired) electrons. The minimum absolute atomic E-state index is 0.188. The maximum Gasteiger partial charge on any atom is 0.387 e. The molecule has 0 bridgehead atoms. The van der Waals surface area contributed by atoms with Crippen LogP contribution in [0.5, 0.6) is 5.75 Å². The third-order valence-electron chi connectivity index (χ3n) is 2.67. The molecule has 0 spiro atoms.